The van der Waals surface area contributed by atoms with Crippen LogP contribution in [-0.4, -0.2) is 0 Å². The van der Waals surface area contributed by atoms with Crippen molar-refractivity contribution in [1.82, 2.24) is 0 Å². The van der Waals surface area contributed by atoms with Gasteiger partial charge >= 0.3 is 0 Å². The summed E-state index contributed by atoms with van der Waals surface area (Å²) in [6.45, 7) is 10.6. The SMILES string of the molecule is C=C/C=C\C(=C/C)C(CCC)CC(CC)C1=CCCC=C1. The molecule has 0 aromatic rings. The Morgan fingerprint density at radius 1 is 1.33 bits per heavy atom. The minimum Gasteiger partial charge on any atom is -0.0991 e. The predicted octanol–water partition coefficient (Wildman–Crippen LogP) is 6.78. The largest absolute Gasteiger partial charge is 0.0991 e. The molecule has 0 nitrogen and oxygen atoms in total. The Labute approximate surface area is 132 Å². The average molecular weight is 284 g/mol. The third kappa shape index (κ3) is 5.91. The summed E-state index contributed by atoms with van der Waals surface area (Å²) in [7, 11) is 0. The maximum absolute atomic E-state index is 3.79. The maximum atomic E-state index is 3.79. The van der Waals surface area contributed by atoms with Gasteiger partial charge in [-0.2, -0.15) is 0 Å². The van der Waals surface area contributed by atoms with Crippen LogP contribution in [0.3, 0.4) is 0 Å². The molecular formula is C21H32. The molecular weight excluding hydrogens is 252 g/mol. The van der Waals surface area contributed by atoms with Crippen LogP contribution in [0.1, 0.15) is 59.3 Å². The summed E-state index contributed by atoms with van der Waals surface area (Å²) in [4.78, 5) is 0. The molecule has 0 aromatic carbocycles. The summed E-state index contributed by atoms with van der Waals surface area (Å²) in [6, 6.07) is 0. The van der Waals surface area contributed by atoms with Crippen molar-refractivity contribution in [2.75, 3.05) is 0 Å². The molecule has 1 aliphatic rings. The van der Waals surface area contributed by atoms with Crippen molar-refractivity contribution in [3.05, 3.63) is 60.3 Å². The Balaban J connectivity index is 2.84. The fourth-order valence-electron chi connectivity index (χ4n) is 3.23. The quantitative estimate of drug-likeness (QED) is 0.409. The van der Waals surface area contributed by atoms with Crippen LogP contribution in [0.5, 0.6) is 0 Å². The normalized spacial score (nSPS) is 18.6. The molecule has 1 rings (SSSR count). The molecule has 2 atom stereocenters. The van der Waals surface area contributed by atoms with E-state index in [0.29, 0.717) is 11.8 Å². The molecule has 1 aliphatic carbocycles. The van der Waals surface area contributed by atoms with Crippen molar-refractivity contribution < 1.29 is 0 Å². The van der Waals surface area contributed by atoms with Gasteiger partial charge in [0.1, 0.15) is 0 Å². The molecule has 116 valence electrons. The third-order valence-corrected chi connectivity index (χ3v) is 4.42. The van der Waals surface area contributed by atoms with Gasteiger partial charge in [-0.25, -0.2) is 0 Å². The minimum absolute atomic E-state index is 0.664. The lowest BCUT2D eigenvalue weighted by Gasteiger charge is -2.25. The Morgan fingerprint density at radius 2 is 2.14 bits per heavy atom. The molecule has 0 N–H and O–H groups in total. The zero-order chi connectivity index (χ0) is 15.5. The molecule has 2 unspecified atom stereocenters. The summed E-state index contributed by atoms with van der Waals surface area (Å²) >= 11 is 0. The molecule has 0 saturated carbocycles. The highest BCUT2D eigenvalue weighted by Gasteiger charge is 2.19. The van der Waals surface area contributed by atoms with E-state index >= 15 is 0 Å². The van der Waals surface area contributed by atoms with Crippen LogP contribution >= 0.6 is 0 Å². The van der Waals surface area contributed by atoms with Gasteiger partial charge in [-0.1, -0.05) is 69.4 Å². The first-order valence-corrected chi connectivity index (χ1v) is 8.58. The van der Waals surface area contributed by atoms with Gasteiger partial charge in [0.25, 0.3) is 0 Å². The van der Waals surface area contributed by atoms with Crippen molar-refractivity contribution in [1.29, 1.82) is 0 Å². The van der Waals surface area contributed by atoms with Crippen LogP contribution in [0.15, 0.2) is 60.3 Å². The van der Waals surface area contributed by atoms with Gasteiger partial charge in [-0.3, -0.25) is 0 Å². The summed E-state index contributed by atoms with van der Waals surface area (Å²) in [5.74, 6) is 1.36. The maximum Gasteiger partial charge on any atom is -0.0160 e. The van der Waals surface area contributed by atoms with Crippen molar-refractivity contribution >= 4 is 0 Å². The van der Waals surface area contributed by atoms with E-state index < -0.39 is 0 Å². The second-order valence-electron chi connectivity index (χ2n) is 5.89. The third-order valence-electron chi connectivity index (χ3n) is 4.42. The fraction of sp³-hybridized carbons (Fsp3) is 0.524. The second-order valence-corrected chi connectivity index (χ2v) is 5.89. The molecule has 0 fully saturated rings. The smallest absolute Gasteiger partial charge is 0.0160 e. The van der Waals surface area contributed by atoms with Gasteiger partial charge in [-0.15, -0.1) is 0 Å². The van der Waals surface area contributed by atoms with E-state index in [2.05, 4.69) is 63.8 Å². The Bertz CT molecular complexity index is 417. The number of hydrogen-bond acceptors (Lipinski definition) is 0. The molecule has 21 heavy (non-hydrogen) atoms. The number of allylic oxidation sites excluding steroid dienone is 9. The zero-order valence-electron chi connectivity index (χ0n) is 14.1. The van der Waals surface area contributed by atoms with Gasteiger partial charge in [0.2, 0.25) is 0 Å². The Hall–Kier alpha value is -1.30. The number of hydrogen-bond donors (Lipinski definition) is 0. The first-order chi connectivity index (χ1) is 10.3. The Morgan fingerprint density at radius 3 is 2.67 bits per heavy atom. The van der Waals surface area contributed by atoms with Crippen molar-refractivity contribution in [2.24, 2.45) is 11.8 Å². The monoisotopic (exact) mass is 284 g/mol. The molecule has 0 heteroatoms. The lowest BCUT2D eigenvalue weighted by Crippen LogP contribution is -2.12. The van der Waals surface area contributed by atoms with Crippen molar-refractivity contribution in [2.45, 2.75) is 59.3 Å². The standard InChI is InChI=1S/C21H32/c1-5-9-14-18(7-3)21(13-6-2)17-19(8-4)20-15-11-10-12-16-20/h5,7,9,11,14-16,19,21H,1,6,8,10,12-13,17H2,2-4H3/b14-9-,18-7+. The van der Waals surface area contributed by atoms with Crippen molar-refractivity contribution in [3.63, 3.8) is 0 Å². The summed E-state index contributed by atoms with van der Waals surface area (Å²) in [5.41, 5.74) is 3.03. The summed E-state index contributed by atoms with van der Waals surface area (Å²) in [6.07, 6.45) is 23.0. The highest BCUT2D eigenvalue weighted by molar-refractivity contribution is 5.28. The first kappa shape index (κ1) is 17.8. The van der Waals surface area contributed by atoms with Crippen LogP contribution in [0.4, 0.5) is 0 Å². The minimum atomic E-state index is 0.664. The van der Waals surface area contributed by atoms with E-state index in [1.807, 2.05) is 6.08 Å². The van der Waals surface area contributed by atoms with Crippen LogP contribution in [-0.2, 0) is 0 Å². The zero-order valence-corrected chi connectivity index (χ0v) is 14.1. The molecule has 0 aromatic heterocycles. The average Bonchev–Trinajstić information content (AvgIpc) is 2.53. The van der Waals surface area contributed by atoms with Gasteiger partial charge in [-0.05, 0) is 62.0 Å². The van der Waals surface area contributed by atoms with Crippen molar-refractivity contribution in [3.8, 4) is 0 Å². The summed E-state index contributed by atoms with van der Waals surface area (Å²) < 4.78 is 0. The lowest BCUT2D eigenvalue weighted by atomic mass is 9.80. The highest BCUT2D eigenvalue weighted by atomic mass is 14.2. The van der Waals surface area contributed by atoms with E-state index in [1.54, 1.807) is 5.57 Å². The molecule has 0 spiro atoms. The summed E-state index contributed by atoms with van der Waals surface area (Å²) in [5, 5.41) is 0. The van der Waals surface area contributed by atoms with E-state index in [4.69, 9.17) is 0 Å². The molecule has 0 aliphatic heterocycles. The van der Waals surface area contributed by atoms with Crippen LogP contribution in [0, 0.1) is 11.8 Å². The van der Waals surface area contributed by atoms with Gasteiger partial charge < -0.3 is 0 Å². The lowest BCUT2D eigenvalue weighted by molar-refractivity contribution is 0.423. The van der Waals surface area contributed by atoms with E-state index in [-0.39, 0.29) is 0 Å². The molecule has 0 bridgehead atoms. The van der Waals surface area contributed by atoms with Gasteiger partial charge in [0.05, 0.1) is 0 Å². The fourth-order valence-corrected chi connectivity index (χ4v) is 3.23. The molecule has 0 radical (unpaired) electrons. The predicted molar refractivity (Wildman–Crippen MR) is 96.3 cm³/mol. The van der Waals surface area contributed by atoms with Crippen LogP contribution in [0.2, 0.25) is 0 Å². The van der Waals surface area contributed by atoms with Gasteiger partial charge in [0, 0.05) is 0 Å². The van der Waals surface area contributed by atoms with Crippen LogP contribution < -0.4 is 0 Å². The highest BCUT2D eigenvalue weighted by Crippen LogP contribution is 2.33. The molecule has 0 amide bonds. The Kier molecular flexibility index (Phi) is 8.82. The topological polar surface area (TPSA) is 0 Å². The number of rotatable bonds is 9. The molecule has 0 heterocycles. The second kappa shape index (κ2) is 10.4. The van der Waals surface area contributed by atoms with E-state index in [9.17, 15) is 0 Å². The molecule has 0 saturated heterocycles. The van der Waals surface area contributed by atoms with E-state index in [1.165, 1.54) is 44.1 Å². The van der Waals surface area contributed by atoms with E-state index in [0.717, 1.165) is 0 Å². The first-order valence-electron chi connectivity index (χ1n) is 8.58. The van der Waals surface area contributed by atoms with Crippen LogP contribution in [0.25, 0.3) is 0 Å². The van der Waals surface area contributed by atoms with Gasteiger partial charge in [0.15, 0.2) is 0 Å².